The molecule has 0 saturated heterocycles. The second kappa shape index (κ2) is 263. The quantitative estimate of drug-likeness (QED) is 0.337. The maximum absolute atomic E-state index is 7.00. The van der Waals surface area contributed by atoms with E-state index in [1.54, 1.807) is 0 Å². The molecule has 1 N–H and O–H groups in total. The van der Waals surface area contributed by atoms with Crippen LogP contribution in [-0.2, 0) is 0 Å². The zero-order valence-corrected chi connectivity index (χ0v) is 2.58. The van der Waals surface area contributed by atoms with Gasteiger partial charge in [0.15, 0.2) is 0 Å². The molecule has 0 unspecified atom stereocenters. The number of hydrogen-bond acceptors (Lipinski definition) is 1. The molecular weight excluding hydrogens is 75.5 g/mol. The van der Waals surface area contributed by atoms with Crippen LogP contribution in [0.5, 0.6) is 0 Å². The first-order valence-corrected chi connectivity index (χ1v) is 0.447. The lowest BCUT2D eigenvalue weighted by atomic mass is 11.8. The third-order valence-electron chi connectivity index (χ3n) is 0. The van der Waals surface area contributed by atoms with Crippen LogP contribution >= 0.6 is 0 Å². The van der Waals surface area contributed by atoms with Gasteiger partial charge in [-0.25, -0.2) is 0 Å². The standard InChI is InChI=1S/CH4O.CH4.ClH/c1-2;;/h2H,1H3;1H4;1H/p-1. The molecule has 30 valence electrons. The van der Waals surface area contributed by atoms with Gasteiger partial charge in [0.2, 0.25) is 0 Å². The Bertz CT molecular complexity index is 6.00. The Morgan fingerprint density at radius 3 is 1.25 bits per heavy atom. The topological polar surface area (TPSA) is 20.2 Å². The molecule has 0 heterocycles. The van der Waals surface area contributed by atoms with E-state index >= 15 is 0 Å². The maximum Gasteiger partial charge on any atom is 0.0319 e. The SMILES string of the molecule is C.CO.[Cl-]. The van der Waals surface area contributed by atoms with Crippen molar-refractivity contribution in [3.05, 3.63) is 0 Å². The minimum atomic E-state index is 0. The lowest BCUT2D eigenvalue weighted by Gasteiger charge is -1.21. The minimum Gasteiger partial charge on any atom is -1.00 e. The Balaban J connectivity index is -0.00000000500. The molecule has 0 amide bonds. The van der Waals surface area contributed by atoms with E-state index in [4.69, 9.17) is 5.11 Å². The molecule has 0 aliphatic rings. The third kappa shape index (κ3) is 56.3. The van der Waals surface area contributed by atoms with Crippen molar-refractivity contribution >= 4 is 0 Å². The molecule has 0 aromatic rings. The van der Waals surface area contributed by atoms with Crippen LogP contribution < -0.4 is 12.4 Å². The Labute approximate surface area is 33.1 Å². The summed E-state index contributed by atoms with van der Waals surface area (Å²) in [6.45, 7) is 0. The highest BCUT2D eigenvalue weighted by Gasteiger charge is 0.839. The fourth-order valence-corrected chi connectivity index (χ4v) is 0. The predicted octanol–water partition coefficient (Wildman–Crippen LogP) is -2.75. The van der Waals surface area contributed by atoms with Crippen molar-refractivity contribution in [1.29, 1.82) is 0 Å². The average molecular weight is 83.5 g/mol. The van der Waals surface area contributed by atoms with Gasteiger partial charge in [0.1, 0.15) is 0 Å². The monoisotopic (exact) mass is 83.0 g/mol. The normalized spacial score (nSPS) is 1.50. The lowest BCUT2D eigenvalue weighted by molar-refractivity contribution is -0.00000164. The first-order chi connectivity index (χ1) is 1.00. The van der Waals surface area contributed by atoms with Crippen LogP contribution in [0, 0.1) is 0 Å². The summed E-state index contributed by atoms with van der Waals surface area (Å²) in [5.74, 6) is 0. The summed E-state index contributed by atoms with van der Waals surface area (Å²) in [6, 6.07) is 0. The number of hydrogen-bond donors (Lipinski definition) is 1. The van der Waals surface area contributed by atoms with Gasteiger partial charge in [-0.3, -0.25) is 0 Å². The molecule has 0 fully saturated rings. The minimum absolute atomic E-state index is 0. The van der Waals surface area contributed by atoms with Crippen molar-refractivity contribution < 1.29 is 17.5 Å². The second-order valence-corrected chi connectivity index (χ2v) is 0. The summed E-state index contributed by atoms with van der Waals surface area (Å²) in [4.78, 5) is 0. The van der Waals surface area contributed by atoms with Crippen molar-refractivity contribution in [1.82, 2.24) is 0 Å². The molecule has 0 radical (unpaired) electrons. The van der Waals surface area contributed by atoms with Gasteiger partial charge < -0.3 is 17.5 Å². The van der Waals surface area contributed by atoms with Gasteiger partial charge in [-0.05, 0) is 0 Å². The van der Waals surface area contributed by atoms with E-state index in [-0.39, 0.29) is 19.8 Å². The molecule has 1 nitrogen and oxygen atoms in total. The van der Waals surface area contributed by atoms with Crippen LogP contribution in [0.4, 0.5) is 0 Å². The Morgan fingerprint density at radius 2 is 1.25 bits per heavy atom. The first kappa shape index (κ1) is 28.7. The largest absolute Gasteiger partial charge is 1.00 e. The fraction of sp³-hybridized carbons (Fsp3) is 1.00. The molecule has 0 spiro atoms. The van der Waals surface area contributed by atoms with E-state index < -0.39 is 0 Å². The van der Waals surface area contributed by atoms with Crippen LogP contribution in [0.2, 0.25) is 0 Å². The van der Waals surface area contributed by atoms with Crippen LogP contribution in [0.15, 0.2) is 0 Å². The smallest absolute Gasteiger partial charge is 0.0319 e. The number of aliphatic hydroxyl groups is 1. The molecule has 0 aliphatic heterocycles. The van der Waals surface area contributed by atoms with Crippen LogP contribution in [0.3, 0.4) is 0 Å². The summed E-state index contributed by atoms with van der Waals surface area (Å²) in [6.07, 6.45) is 0. The highest BCUT2D eigenvalue weighted by atomic mass is 35.5. The van der Waals surface area contributed by atoms with Crippen molar-refractivity contribution in [3.8, 4) is 0 Å². The fourth-order valence-electron chi connectivity index (χ4n) is 0. The Hall–Kier alpha value is 0.250. The van der Waals surface area contributed by atoms with E-state index in [1.165, 1.54) is 0 Å². The van der Waals surface area contributed by atoms with Crippen molar-refractivity contribution in [3.63, 3.8) is 0 Å². The molecule has 0 aromatic carbocycles. The van der Waals surface area contributed by atoms with Crippen molar-refractivity contribution in [2.45, 2.75) is 7.43 Å². The summed E-state index contributed by atoms with van der Waals surface area (Å²) in [5, 5.41) is 7.00. The molecule has 0 aromatic heterocycles. The molecular formula is C2H8ClO-. The van der Waals surface area contributed by atoms with Gasteiger partial charge in [0, 0.05) is 7.11 Å². The Kier molecular flexibility index (Phi) is 1890. The van der Waals surface area contributed by atoms with Crippen LogP contribution in [0.1, 0.15) is 7.43 Å². The molecule has 0 aliphatic carbocycles. The van der Waals surface area contributed by atoms with Gasteiger partial charge in [0.25, 0.3) is 0 Å². The van der Waals surface area contributed by atoms with Crippen molar-refractivity contribution in [2.24, 2.45) is 0 Å². The number of halogens is 1. The highest BCUT2D eigenvalue weighted by molar-refractivity contribution is 3.18. The molecule has 0 rings (SSSR count). The zero-order valence-electron chi connectivity index (χ0n) is 1.83. The summed E-state index contributed by atoms with van der Waals surface area (Å²) < 4.78 is 0. The Morgan fingerprint density at radius 1 is 1.25 bits per heavy atom. The van der Waals surface area contributed by atoms with E-state index in [1.807, 2.05) is 0 Å². The van der Waals surface area contributed by atoms with Gasteiger partial charge >= 0.3 is 0 Å². The zero-order chi connectivity index (χ0) is 2.00. The van der Waals surface area contributed by atoms with E-state index in [2.05, 4.69) is 0 Å². The molecule has 4 heavy (non-hydrogen) atoms. The summed E-state index contributed by atoms with van der Waals surface area (Å²) in [5.41, 5.74) is 0. The van der Waals surface area contributed by atoms with Crippen molar-refractivity contribution in [2.75, 3.05) is 7.11 Å². The van der Waals surface area contributed by atoms with E-state index in [9.17, 15) is 0 Å². The van der Waals surface area contributed by atoms with Gasteiger partial charge in [0.05, 0.1) is 0 Å². The lowest BCUT2D eigenvalue weighted by Crippen LogP contribution is -3.00. The third-order valence-corrected chi connectivity index (χ3v) is 0. The summed E-state index contributed by atoms with van der Waals surface area (Å²) in [7, 11) is 1.00. The van der Waals surface area contributed by atoms with E-state index in [0.717, 1.165) is 7.11 Å². The van der Waals surface area contributed by atoms with Gasteiger partial charge in [-0.2, -0.15) is 0 Å². The average Bonchev–Trinajstić information content (AvgIpc) is 1.00. The molecule has 2 heteroatoms. The second-order valence-electron chi connectivity index (χ2n) is 0. The number of rotatable bonds is 0. The molecule has 0 bridgehead atoms. The highest BCUT2D eigenvalue weighted by Crippen LogP contribution is 0.755. The maximum atomic E-state index is 7.00. The van der Waals surface area contributed by atoms with Gasteiger partial charge in [-0.15, -0.1) is 0 Å². The van der Waals surface area contributed by atoms with Crippen LogP contribution in [0.25, 0.3) is 0 Å². The molecule has 0 atom stereocenters. The predicted molar refractivity (Wildman–Crippen MR) is 14.9 cm³/mol. The number of aliphatic hydroxyl groups excluding tert-OH is 1. The molecule has 0 saturated carbocycles. The van der Waals surface area contributed by atoms with Gasteiger partial charge in [-0.1, -0.05) is 7.43 Å². The van der Waals surface area contributed by atoms with Crippen LogP contribution in [-0.4, -0.2) is 12.2 Å². The first-order valence-electron chi connectivity index (χ1n) is 0.447. The summed E-state index contributed by atoms with van der Waals surface area (Å²) >= 11 is 0. The van der Waals surface area contributed by atoms with E-state index in [0.29, 0.717) is 0 Å².